The largest absolute Gasteiger partial charge is 0.508 e. The van der Waals surface area contributed by atoms with Gasteiger partial charge in [0.05, 0.1) is 17.1 Å². The second-order valence-corrected chi connectivity index (χ2v) is 13.2. The molecule has 4 fully saturated rings. The van der Waals surface area contributed by atoms with E-state index in [9.17, 15) is 13.9 Å². The number of anilines is 1. The second-order valence-electron chi connectivity index (χ2n) is 13.2. The Kier molecular flexibility index (Phi) is 6.12. The van der Waals surface area contributed by atoms with E-state index < -0.39 is 23.3 Å². The van der Waals surface area contributed by atoms with Crippen LogP contribution in [0.1, 0.15) is 37.7 Å². The van der Waals surface area contributed by atoms with Crippen LogP contribution >= 0.6 is 0 Å². The maximum Gasteiger partial charge on any atom is 0.320 e. The summed E-state index contributed by atoms with van der Waals surface area (Å²) in [7, 11) is 0. The van der Waals surface area contributed by atoms with Crippen molar-refractivity contribution < 1.29 is 27.8 Å². The highest BCUT2D eigenvalue weighted by molar-refractivity contribution is 6.03. The van der Waals surface area contributed by atoms with Gasteiger partial charge in [0, 0.05) is 42.5 Å². The lowest BCUT2D eigenvalue weighted by Gasteiger charge is -2.40. The third-order valence-corrected chi connectivity index (χ3v) is 10.6. The Bertz CT molecular complexity index is 1990. The Morgan fingerprint density at radius 1 is 1.15 bits per heavy atom. The van der Waals surface area contributed by atoms with Crippen molar-refractivity contribution in [3.63, 3.8) is 0 Å². The Morgan fingerprint density at radius 2 is 2.04 bits per heavy atom. The molecule has 2 aromatic heterocycles. The molecule has 0 aliphatic carbocycles. The molecule has 5 atom stereocenters. The molecule has 0 amide bonds. The van der Waals surface area contributed by atoms with E-state index in [0.717, 1.165) is 32.2 Å². The van der Waals surface area contributed by atoms with Gasteiger partial charge in [-0.3, -0.25) is 4.90 Å². The van der Waals surface area contributed by atoms with Gasteiger partial charge in [0.1, 0.15) is 47.9 Å². The fourth-order valence-corrected chi connectivity index (χ4v) is 8.57. The van der Waals surface area contributed by atoms with Crippen LogP contribution in [0.4, 0.5) is 19.0 Å². The van der Waals surface area contributed by atoms with Crippen molar-refractivity contribution in [2.75, 3.05) is 37.7 Å². The Balaban J connectivity index is 1.24. The first-order valence-electron chi connectivity index (χ1n) is 15.8. The number of aromatic hydroxyl groups is 1. The number of terminal acetylenes is 1. The minimum absolute atomic E-state index is 0.0599. The summed E-state index contributed by atoms with van der Waals surface area (Å²) in [6.45, 7) is 2.26. The summed E-state index contributed by atoms with van der Waals surface area (Å²) in [4.78, 5) is 18.5. The predicted molar refractivity (Wildman–Crippen MR) is 165 cm³/mol. The summed E-state index contributed by atoms with van der Waals surface area (Å²) >= 11 is 0. The Morgan fingerprint density at radius 3 is 2.91 bits per heavy atom. The van der Waals surface area contributed by atoms with Gasteiger partial charge in [-0.05, 0) is 55.8 Å². The summed E-state index contributed by atoms with van der Waals surface area (Å²) < 4.78 is 58.8. The first kappa shape index (κ1) is 27.9. The number of nitrogens with zero attached hydrogens (tertiary/aromatic N) is 5. The first-order chi connectivity index (χ1) is 22.3. The van der Waals surface area contributed by atoms with Crippen molar-refractivity contribution in [1.82, 2.24) is 25.2 Å². The number of piperazine rings is 1. The molecule has 4 aromatic rings. The molecule has 46 heavy (non-hydrogen) atoms. The summed E-state index contributed by atoms with van der Waals surface area (Å²) in [5, 5.41) is 15.3. The maximum absolute atomic E-state index is 16.8. The van der Waals surface area contributed by atoms with E-state index in [1.807, 2.05) is 0 Å². The van der Waals surface area contributed by atoms with Crippen LogP contribution in [0.5, 0.6) is 17.5 Å². The fourth-order valence-electron chi connectivity index (χ4n) is 8.57. The van der Waals surface area contributed by atoms with Gasteiger partial charge in [0.25, 0.3) is 0 Å². The molecule has 5 aliphatic rings. The molecule has 2 bridgehead atoms. The van der Waals surface area contributed by atoms with Gasteiger partial charge in [0.2, 0.25) is 0 Å². The average molecular weight is 629 g/mol. The summed E-state index contributed by atoms with van der Waals surface area (Å²) in [5.74, 6) is 1.17. The number of hydrogen-bond acceptors (Lipinski definition) is 9. The fraction of sp³-hybridized carbons (Fsp3) is 0.441. The van der Waals surface area contributed by atoms with Crippen molar-refractivity contribution in [2.45, 2.75) is 61.9 Å². The number of phenols is 1. The first-order valence-corrected chi connectivity index (χ1v) is 15.8. The van der Waals surface area contributed by atoms with Crippen LogP contribution < -0.4 is 19.7 Å². The molecule has 0 saturated carbocycles. The quantitative estimate of drug-likeness (QED) is 0.318. The van der Waals surface area contributed by atoms with Crippen LogP contribution in [0.15, 0.2) is 24.3 Å². The number of nitrogens with one attached hydrogen (secondary N) is 1. The molecule has 4 saturated heterocycles. The van der Waals surface area contributed by atoms with E-state index >= 15 is 4.39 Å². The van der Waals surface area contributed by atoms with E-state index in [-0.39, 0.29) is 76.7 Å². The van der Waals surface area contributed by atoms with E-state index in [2.05, 4.69) is 26.0 Å². The molecule has 7 heterocycles. The van der Waals surface area contributed by atoms with Crippen molar-refractivity contribution in [3.05, 3.63) is 41.5 Å². The van der Waals surface area contributed by atoms with E-state index in [4.69, 9.17) is 25.9 Å². The molecule has 2 N–H and O–H groups in total. The van der Waals surface area contributed by atoms with Gasteiger partial charge in [-0.1, -0.05) is 12.0 Å². The predicted octanol–water partition coefficient (Wildman–Crippen LogP) is 4.47. The number of hydrogen-bond donors (Lipinski definition) is 2. The van der Waals surface area contributed by atoms with Gasteiger partial charge >= 0.3 is 6.01 Å². The lowest BCUT2D eigenvalue weighted by molar-refractivity contribution is 0.107. The second kappa shape index (κ2) is 10.1. The number of halogens is 3. The third-order valence-electron chi connectivity index (χ3n) is 10.6. The van der Waals surface area contributed by atoms with Gasteiger partial charge in [-0.2, -0.15) is 9.97 Å². The molecule has 0 spiro atoms. The molecule has 5 aliphatic heterocycles. The van der Waals surface area contributed by atoms with Crippen molar-refractivity contribution >= 4 is 27.6 Å². The minimum Gasteiger partial charge on any atom is -0.508 e. The molecule has 236 valence electrons. The number of phenolic OH excluding ortho intramolecular Hbond substituents is 1. The third kappa shape index (κ3) is 4.07. The molecular formula is C34H31F3N6O3. The minimum atomic E-state index is -0.912. The number of aromatic nitrogens is 3. The van der Waals surface area contributed by atoms with Gasteiger partial charge < -0.3 is 24.8 Å². The van der Waals surface area contributed by atoms with E-state index in [1.165, 1.54) is 24.3 Å². The van der Waals surface area contributed by atoms with Crippen LogP contribution in [-0.4, -0.2) is 87.6 Å². The van der Waals surface area contributed by atoms with E-state index in [1.54, 1.807) is 0 Å². The monoisotopic (exact) mass is 628 g/mol. The van der Waals surface area contributed by atoms with E-state index in [0.29, 0.717) is 36.1 Å². The molecule has 9 nitrogen and oxygen atoms in total. The standard InChI is InChI=1S/C34H31F3N6O3/c1-2-21-23(36)6-4-17-10-20(44)11-22(26(17)21)29-28(37)30-27-31(39-29)40-33(46-16-34-8-3-9-42(34)13-18(35)12-34)41-32(27)43-14-19-5-7-24(38-19)25(43)15-45-30/h1,4,6,10-11,18-19,24-25,38,44H,3,5,7-9,12-16H2/t18-,19?,24?,25?,34+/m1/s1. The van der Waals surface area contributed by atoms with Crippen LogP contribution in [0, 0.1) is 24.0 Å². The van der Waals surface area contributed by atoms with Crippen LogP contribution in [0.3, 0.4) is 0 Å². The zero-order valence-corrected chi connectivity index (χ0v) is 24.9. The van der Waals surface area contributed by atoms with Crippen molar-refractivity contribution in [2.24, 2.45) is 0 Å². The number of fused-ring (bicyclic) bond motifs is 7. The molecular weight excluding hydrogens is 597 g/mol. The SMILES string of the molecule is C#Cc1c(F)ccc2cc(O)cc(-c3nc4nc(OC[C@@]56CCCN5C[C@H](F)C6)nc5c4c(c3F)OCC3C4CCC(CN53)N4)c12. The number of benzene rings is 2. The smallest absolute Gasteiger partial charge is 0.320 e. The zero-order valence-electron chi connectivity index (χ0n) is 24.9. The Labute approximate surface area is 262 Å². The topological polar surface area (TPSA) is 95.9 Å². The molecule has 9 rings (SSSR count). The molecule has 0 radical (unpaired) electrons. The highest BCUT2D eigenvalue weighted by Gasteiger charge is 2.50. The highest BCUT2D eigenvalue weighted by Crippen LogP contribution is 2.46. The van der Waals surface area contributed by atoms with Crippen LogP contribution in [-0.2, 0) is 0 Å². The van der Waals surface area contributed by atoms with Gasteiger partial charge in [-0.25, -0.2) is 18.2 Å². The number of pyridine rings is 1. The number of alkyl halides is 1. The van der Waals surface area contributed by atoms with Gasteiger partial charge in [-0.15, -0.1) is 6.42 Å². The maximum atomic E-state index is 16.8. The van der Waals surface area contributed by atoms with Crippen LogP contribution in [0.2, 0.25) is 0 Å². The molecule has 3 unspecified atom stereocenters. The number of rotatable bonds is 4. The van der Waals surface area contributed by atoms with Crippen LogP contribution in [0.25, 0.3) is 33.1 Å². The lowest BCUT2D eigenvalue weighted by Crippen LogP contribution is -2.60. The summed E-state index contributed by atoms with van der Waals surface area (Å²) in [6, 6.07) is 5.74. The van der Waals surface area contributed by atoms with Crippen molar-refractivity contribution in [3.8, 4) is 41.1 Å². The van der Waals surface area contributed by atoms with Gasteiger partial charge in [0.15, 0.2) is 17.2 Å². The highest BCUT2D eigenvalue weighted by atomic mass is 19.1. The number of ether oxygens (including phenoxy) is 2. The zero-order chi connectivity index (χ0) is 31.3. The normalized spacial score (nSPS) is 28.2. The lowest BCUT2D eigenvalue weighted by atomic mass is 9.95. The Hall–Kier alpha value is -4.34. The summed E-state index contributed by atoms with van der Waals surface area (Å²) in [5.41, 5.74) is -0.461. The molecule has 2 aromatic carbocycles. The molecule has 12 heteroatoms. The average Bonchev–Trinajstić information content (AvgIpc) is 3.67. The summed E-state index contributed by atoms with van der Waals surface area (Å²) in [6.07, 6.45) is 8.94. The van der Waals surface area contributed by atoms with Crippen molar-refractivity contribution in [1.29, 1.82) is 0 Å².